The van der Waals surface area contributed by atoms with Crippen molar-refractivity contribution < 1.29 is 24.4 Å². The molecule has 0 atom stereocenters. The van der Waals surface area contributed by atoms with E-state index in [0.29, 0.717) is 0 Å². The minimum atomic E-state index is -1.13. The third-order valence-corrected chi connectivity index (χ3v) is 2.91. The molecule has 114 valence electrons. The van der Waals surface area contributed by atoms with Gasteiger partial charge < -0.3 is 15.2 Å². The Hall–Kier alpha value is -2.64. The lowest BCUT2D eigenvalue weighted by atomic mass is 9.94. The van der Waals surface area contributed by atoms with Crippen molar-refractivity contribution in [2.24, 2.45) is 5.41 Å². The van der Waals surface area contributed by atoms with Gasteiger partial charge in [-0.2, -0.15) is 0 Å². The first-order valence-electron chi connectivity index (χ1n) is 6.03. The molecule has 0 fully saturated rings. The second-order valence-corrected chi connectivity index (χ2v) is 5.02. The summed E-state index contributed by atoms with van der Waals surface area (Å²) in [5.74, 6) is -1.60. The Morgan fingerprint density at radius 2 is 2.05 bits per heavy atom. The van der Waals surface area contributed by atoms with Gasteiger partial charge in [-0.1, -0.05) is 0 Å². The molecule has 0 spiro atoms. The van der Waals surface area contributed by atoms with Gasteiger partial charge in [0.1, 0.15) is 0 Å². The number of carbonyl (C=O) groups is 2. The first kappa shape index (κ1) is 16.4. The predicted octanol–water partition coefficient (Wildman–Crippen LogP) is 1.44. The number of benzene rings is 1. The van der Waals surface area contributed by atoms with Gasteiger partial charge in [-0.25, -0.2) is 0 Å². The van der Waals surface area contributed by atoms with Crippen LogP contribution in [0, 0.1) is 15.5 Å². The van der Waals surface area contributed by atoms with E-state index in [9.17, 15) is 19.7 Å². The molecular weight excluding hydrogens is 280 g/mol. The van der Waals surface area contributed by atoms with Gasteiger partial charge in [-0.15, -0.1) is 0 Å². The van der Waals surface area contributed by atoms with Gasteiger partial charge in [0.2, 0.25) is 0 Å². The highest BCUT2D eigenvalue weighted by Crippen LogP contribution is 2.27. The molecule has 0 aliphatic carbocycles. The van der Waals surface area contributed by atoms with Gasteiger partial charge in [0, 0.05) is 18.2 Å². The predicted molar refractivity (Wildman–Crippen MR) is 73.4 cm³/mol. The smallest absolute Gasteiger partial charge is 0.311 e. The second kappa shape index (κ2) is 6.21. The topological polar surface area (TPSA) is 119 Å². The molecule has 0 aromatic heterocycles. The van der Waals surface area contributed by atoms with Crippen LogP contribution in [-0.2, 0) is 4.79 Å². The number of aliphatic carboxylic acids is 1. The van der Waals surface area contributed by atoms with E-state index in [-0.39, 0.29) is 23.5 Å². The average Bonchev–Trinajstić information content (AvgIpc) is 2.43. The molecule has 0 saturated heterocycles. The molecular formula is C13H16N2O6. The highest BCUT2D eigenvalue weighted by atomic mass is 16.6. The normalized spacial score (nSPS) is 10.8. The van der Waals surface area contributed by atoms with Crippen LogP contribution in [0.5, 0.6) is 5.75 Å². The zero-order chi connectivity index (χ0) is 16.2. The first-order valence-corrected chi connectivity index (χ1v) is 6.03. The molecule has 1 aromatic carbocycles. The summed E-state index contributed by atoms with van der Waals surface area (Å²) in [6.45, 7) is 2.83. The first-order chi connectivity index (χ1) is 9.69. The van der Waals surface area contributed by atoms with Gasteiger partial charge >= 0.3 is 11.7 Å². The van der Waals surface area contributed by atoms with E-state index in [0.717, 1.165) is 6.07 Å². The van der Waals surface area contributed by atoms with E-state index in [1.165, 1.54) is 33.1 Å². The zero-order valence-electron chi connectivity index (χ0n) is 11.9. The molecule has 0 radical (unpaired) electrons. The summed E-state index contributed by atoms with van der Waals surface area (Å²) in [4.78, 5) is 33.1. The van der Waals surface area contributed by atoms with Gasteiger partial charge in [-0.05, 0) is 26.0 Å². The second-order valence-electron chi connectivity index (χ2n) is 5.02. The lowest BCUT2D eigenvalue weighted by Crippen LogP contribution is -2.38. The number of nitrogens with one attached hydrogen (secondary N) is 1. The van der Waals surface area contributed by atoms with Gasteiger partial charge in [0.25, 0.3) is 5.91 Å². The van der Waals surface area contributed by atoms with Crippen LogP contribution in [-0.4, -0.2) is 35.6 Å². The largest absolute Gasteiger partial charge is 0.490 e. The Kier molecular flexibility index (Phi) is 4.85. The maximum atomic E-state index is 11.9. The molecule has 0 unspecified atom stereocenters. The molecule has 1 rings (SSSR count). The van der Waals surface area contributed by atoms with Crippen LogP contribution in [0.25, 0.3) is 0 Å². The van der Waals surface area contributed by atoms with Crippen LogP contribution in [0.1, 0.15) is 24.2 Å². The summed E-state index contributed by atoms with van der Waals surface area (Å²) in [6, 6.07) is 3.77. The molecule has 1 aromatic rings. The number of rotatable bonds is 6. The third kappa shape index (κ3) is 3.91. The maximum Gasteiger partial charge on any atom is 0.311 e. The van der Waals surface area contributed by atoms with E-state index in [4.69, 9.17) is 9.84 Å². The molecule has 1 amide bonds. The van der Waals surface area contributed by atoms with Crippen molar-refractivity contribution in [1.82, 2.24) is 5.32 Å². The van der Waals surface area contributed by atoms with Crippen molar-refractivity contribution in [2.45, 2.75) is 13.8 Å². The quantitative estimate of drug-likeness (QED) is 0.605. The van der Waals surface area contributed by atoms with Crippen LogP contribution >= 0.6 is 0 Å². The summed E-state index contributed by atoms with van der Waals surface area (Å²) in [6.07, 6.45) is 0. The molecule has 8 nitrogen and oxygen atoms in total. The van der Waals surface area contributed by atoms with Gasteiger partial charge in [0.05, 0.1) is 17.4 Å². The Morgan fingerprint density at radius 3 is 2.52 bits per heavy atom. The summed E-state index contributed by atoms with van der Waals surface area (Å²) < 4.78 is 4.84. The molecule has 0 heterocycles. The van der Waals surface area contributed by atoms with Gasteiger partial charge in [0.15, 0.2) is 5.75 Å². The van der Waals surface area contributed by atoms with E-state index >= 15 is 0 Å². The number of carboxylic acids is 1. The van der Waals surface area contributed by atoms with Crippen molar-refractivity contribution >= 4 is 17.6 Å². The number of methoxy groups -OCH3 is 1. The van der Waals surface area contributed by atoms with E-state index in [1.807, 2.05) is 0 Å². The monoisotopic (exact) mass is 296 g/mol. The van der Waals surface area contributed by atoms with Crippen molar-refractivity contribution in [3.8, 4) is 5.75 Å². The Balaban J connectivity index is 2.91. The SMILES string of the molecule is COc1ccc(C(=O)NCC(C)(C)C(=O)O)cc1[N+](=O)[O-]. The Morgan fingerprint density at radius 1 is 1.43 bits per heavy atom. The number of nitro groups is 1. The minimum Gasteiger partial charge on any atom is -0.490 e. The standard InChI is InChI=1S/C13H16N2O6/c1-13(2,12(17)18)7-14-11(16)8-4-5-10(21-3)9(6-8)15(19)20/h4-6H,7H2,1-3H3,(H,14,16)(H,17,18). The van der Waals surface area contributed by atoms with Crippen LogP contribution in [0.15, 0.2) is 18.2 Å². The Labute approximate surface area is 120 Å². The van der Waals surface area contributed by atoms with Crippen molar-refractivity contribution in [2.75, 3.05) is 13.7 Å². The molecule has 0 bridgehead atoms. The number of nitro benzene ring substituents is 1. The molecule has 0 aliphatic heterocycles. The van der Waals surface area contributed by atoms with Crippen LogP contribution < -0.4 is 10.1 Å². The molecule has 0 saturated carbocycles. The highest BCUT2D eigenvalue weighted by molar-refractivity contribution is 5.95. The number of amides is 1. The number of hydrogen-bond acceptors (Lipinski definition) is 5. The lowest BCUT2D eigenvalue weighted by Gasteiger charge is -2.19. The fraction of sp³-hybridized carbons (Fsp3) is 0.385. The zero-order valence-corrected chi connectivity index (χ0v) is 11.9. The molecule has 0 aliphatic rings. The fourth-order valence-electron chi connectivity index (χ4n) is 1.45. The molecule has 8 heteroatoms. The number of carboxylic acid groups (broad SMARTS) is 1. The summed E-state index contributed by atoms with van der Waals surface area (Å²) in [5.41, 5.74) is -1.40. The van der Waals surface area contributed by atoms with Crippen molar-refractivity contribution in [3.05, 3.63) is 33.9 Å². The average molecular weight is 296 g/mol. The van der Waals surface area contributed by atoms with E-state index in [1.54, 1.807) is 0 Å². The maximum absolute atomic E-state index is 11.9. The van der Waals surface area contributed by atoms with Crippen LogP contribution in [0.4, 0.5) is 5.69 Å². The summed E-state index contributed by atoms with van der Waals surface area (Å²) >= 11 is 0. The van der Waals surface area contributed by atoms with Crippen LogP contribution in [0.2, 0.25) is 0 Å². The van der Waals surface area contributed by atoms with Crippen LogP contribution in [0.3, 0.4) is 0 Å². The minimum absolute atomic E-state index is 0.0439. The number of ether oxygens (including phenoxy) is 1. The van der Waals surface area contributed by atoms with Gasteiger partial charge in [-0.3, -0.25) is 19.7 Å². The number of nitrogens with zero attached hydrogens (tertiary/aromatic N) is 1. The summed E-state index contributed by atoms with van der Waals surface area (Å²) in [7, 11) is 1.29. The Bertz CT molecular complexity index is 582. The molecule has 2 N–H and O–H groups in total. The number of carbonyl (C=O) groups excluding carboxylic acids is 1. The highest BCUT2D eigenvalue weighted by Gasteiger charge is 2.28. The fourth-order valence-corrected chi connectivity index (χ4v) is 1.45. The van der Waals surface area contributed by atoms with Crippen molar-refractivity contribution in [3.63, 3.8) is 0 Å². The van der Waals surface area contributed by atoms with Crippen molar-refractivity contribution in [1.29, 1.82) is 0 Å². The third-order valence-electron chi connectivity index (χ3n) is 2.91. The lowest BCUT2D eigenvalue weighted by molar-refractivity contribution is -0.385. The van der Waals surface area contributed by atoms with E-state index < -0.39 is 22.2 Å². The van der Waals surface area contributed by atoms with E-state index in [2.05, 4.69) is 5.32 Å². The summed E-state index contributed by atoms with van der Waals surface area (Å²) in [5, 5.41) is 22.3. The number of hydrogen-bond donors (Lipinski definition) is 2. The molecule has 21 heavy (non-hydrogen) atoms.